The normalized spacial score (nSPS) is 11.7. The Morgan fingerprint density at radius 1 is 0.872 bits per heavy atom. The predicted molar refractivity (Wildman–Crippen MR) is 142 cm³/mol. The number of carboxylic acid groups (broad SMARTS) is 1. The van der Waals surface area contributed by atoms with Gasteiger partial charge in [-0.3, -0.25) is 4.98 Å². The lowest BCUT2D eigenvalue weighted by molar-refractivity contribution is -0.152. The number of halogens is 3. The average Bonchev–Trinajstić information content (AvgIpc) is 2.92. The summed E-state index contributed by atoms with van der Waals surface area (Å²) in [5.41, 5.74) is 1.57. The summed E-state index contributed by atoms with van der Waals surface area (Å²) in [7, 11) is 0. The van der Waals surface area contributed by atoms with Crippen molar-refractivity contribution in [2.75, 3.05) is 11.4 Å². The summed E-state index contributed by atoms with van der Waals surface area (Å²) in [5, 5.41) is 9.27. The first-order chi connectivity index (χ1) is 18.5. The van der Waals surface area contributed by atoms with Crippen LogP contribution in [0.15, 0.2) is 91.4 Å². The largest absolute Gasteiger partial charge is 0.478 e. The van der Waals surface area contributed by atoms with E-state index >= 15 is 0 Å². The molecular weight excluding hydrogens is 507 g/mol. The van der Waals surface area contributed by atoms with Gasteiger partial charge in [0.1, 0.15) is 11.6 Å². The number of anilines is 1. The van der Waals surface area contributed by atoms with Crippen LogP contribution in [0.5, 0.6) is 5.75 Å². The van der Waals surface area contributed by atoms with Crippen molar-refractivity contribution in [1.82, 2.24) is 9.97 Å². The lowest BCUT2D eigenvalue weighted by atomic mass is 10.1. The molecule has 0 amide bonds. The van der Waals surface area contributed by atoms with Crippen LogP contribution in [0.2, 0.25) is 0 Å². The highest BCUT2D eigenvalue weighted by Crippen LogP contribution is 2.30. The molecule has 0 radical (unpaired) electrons. The van der Waals surface area contributed by atoms with Crippen LogP contribution >= 0.6 is 0 Å². The smallest absolute Gasteiger partial charge is 0.416 e. The van der Waals surface area contributed by atoms with E-state index in [1.54, 1.807) is 30.7 Å². The second-order valence-corrected chi connectivity index (χ2v) is 9.57. The Labute approximate surface area is 224 Å². The van der Waals surface area contributed by atoms with Gasteiger partial charge in [0.2, 0.25) is 0 Å². The van der Waals surface area contributed by atoms with E-state index in [9.17, 15) is 23.1 Å². The SMILES string of the molecule is CC(C)(Oc1ccc(CCN(Cc2ccc(C(F)(F)F)cc2)c2ccc(-c3ccncc3)cn2)cc1)C(=O)O. The summed E-state index contributed by atoms with van der Waals surface area (Å²) in [6.07, 6.45) is 1.41. The number of rotatable bonds is 10. The summed E-state index contributed by atoms with van der Waals surface area (Å²) in [5.74, 6) is 0.0740. The van der Waals surface area contributed by atoms with Crippen molar-refractivity contribution in [2.24, 2.45) is 0 Å². The Kier molecular flexibility index (Phi) is 8.18. The van der Waals surface area contributed by atoms with Gasteiger partial charge in [-0.15, -0.1) is 0 Å². The minimum absolute atomic E-state index is 0.369. The standard InChI is InChI=1S/C30H28F3N3O3/c1-29(2,28(37)38)39-26-10-5-21(6-11-26)15-18-36(20-22-3-8-25(9-4-22)30(31,32)33)27-12-7-24(19-35-27)23-13-16-34-17-14-23/h3-14,16-17,19H,15,18,20H2,1-2H3,(H,37,38). The molecule has 0 bridgehead atoms. The molecule has 0 fully saturated rings. The number of carboxylic acids is 1. The number of alkyl halides is 3. The van der Waals surface area contributed by atoms with Gasteiger partial charge < -0.3 is 14.7 Å². The Bertz CT molecular complexity index is 1370. The molecule has 1 N–H and O–H groups in total. The lowest BCUT2D eigenvalue weighted by Crippen LogP contribution is -2.37. The number of aliphatic carboxylic acids is 1. The van der Waals surface area contributed by atoms with Crippen LogP contribution in [0.3, 0.4) is 0 Å². The molecule has 0 aliphatic heterocycles. The monoisotopic (exact) mass is 535 g/mol. The molecule has 0 saturated carbocycles. The van der Waals surface area contributed by atoms with Gasteiger partial charge in [0.05, 0.1) is 5.56 Å². The number of ether oxygens (including phenoxy) is 1. The molecule has 2 heterocycles. The molecule has 39 heavy (non-hydrogen) atoms. The highest BCUT2D eigenvalue weighted by Gasteiger charge is 2.30. The molecule has 4 rings (SSSR count). The third-order valence-electron chi connectivity index (χ3n) is 6.22. The van der Waals surface area contributed by atoms with Gasteiger partial charge in [0, 0.05) is 37.2 Å². The Hall–Kier alpha value is -4.40. The minimum Gasteiger partial charge on any atom is -0.478 e. The van der Waals surface area contributed by atoms with Crippen LogP contribution in [0, 0.1) is 0 Å². The van der Waals surface area contributed by atoms with Gasteiger partial charge in [0.15, 0.2) is 5.60 Å². The molecule has 0 spiro atoms. The minimum atomic E-state index is -4.39. The Morgan fingerprint density at radius 2 is 1.51 bits per heavy atom. The number of pyridine rings is 2. The molecule has 0 aliphatic carbocycles. The fourth-order valence-electron chi connectivity index (χ4n) is 3.91. The third kappa shape index (κ3) is 7.34. The van der Waals surface area contributed by atoms with Crippen molar-refractivity contribution in [3.05, 3.63) is 108 Å². The Balaban J connectivity index is 1.51. The summed E-state index contributed by atoms with van der Waals surface area (Å²) in [4.78, 5) is 22.0. The maximum absolute atomic E-state index is 13.0. The topological polar surface area (TPSA) is 75.5 Å². The fourth-order valence-corrected chi connectivity index (χ4v) is 3.91. The van der Waals surface area contributed by atoms with Gasteiger partial charge >= 0.3 is 12.1 Å². The number of nitrogens with zero attached hydrogens (tertiary/aromatic N) is 3. The molecule has 2 aromatic carbocycles. The van der Waals surface area contributed by atoms with Crippen molar-refractivity contribution >= 4 is 11.8 Å². The number of hydrogen-bond acceptors (Lipinski definition) is 5. The van der Waals surface area contributed by atoms with Crippen LogP contribution in [0.4, 0.5) is 19.0 Å². The zero-order valence-corrected chi connectivity index (χ0v) is 21.5. The predicted octanol–water partition coefficient (Wildman–Crippen LogP) is 6.65. The molecule has 202 valence electrons. The van der Waals surface area contributed by atoms with Gasteiger partial charge in [-0.05, 0) is 85.5 Å². The molecule has 2 aromatic heterocycles. The van der Waals surface area contributed by atoms with Gasteiger partial charge in [-0.25, -0.2) is 9.78 Å². The van der Waals surface area contributed by atoms with Crippen molar-refractivity contribution < 1.29 is 27.8 Å². The van der Waals surface area contributed by atoms with E-state index in [1.807, 2.05) is 41.3 Å². The molecule has 0 aliphatic rings. The zero-order valence-electron chi connectivity index (χ0n) is 21.5. The first kappa shape index (κ1) is 27.6. The van der Waals surface area contributed by atoms with E-state index in [4.69, 9.17) is 4.74 Å². The number of carbonyl (C=O) groups is 1. The molecule has 9 heteroatoms. The second kappa shape index (κ2) is 11.6. The van der Waals surface area contributed by atoms with Gasteiger partial charge in [-0.1, -0.05) is 24.3 Å². The van der Waals surface area contributed by atoms with E-state index in [-0.39, 0.29) is 0 Å². The van der Waals surface area contributed by atoms with Crippen LogP contribution in [-0.4, -0.2) is 33.2 Å². The van der Waals surface area contributed by atoms with Crippen molar-refractivity contribution in [3.63, 3.8) is 0 Å². The van der Waals surface area contributed by atoms with Gasteiger partial charge in [-0.2, -0.15) is 13.2 Å². The van der Waals surface area contributed by atoms with Crippen LogP contribution in [0.1, 0.15) is 30.5 Å². The lowest BCUT2D eigenvalue weighted by Gasteiger charge is -2.25. The molecule has 0 unspecified atom stereocenters. The highest BCUT2D eigenvalue weighted by atomic mass is 19.4. The van der Waals surface area contributed by atoms with E-state index < -0.39 is 23.3 Å². The first-order valence-corrected chi connectivity index (χ1v) is 12.3. The van der Waals surface area contributed by atoms with E-state index in [0.29, 0.717) is 31.1 Å². The van der Waals surface area contributed by atoms with Crippen molar-refractivity contribution in [3.8, 4) is 16.9 Å². The molecule has 6 nitrogen and oxygen atoms in total. The number of hydrogen-bond donors (Lipinski definition) is 1. The summed E-state index contributed by atoms with van der Waals surface area (Å²) < 4.78 is 44.7. The first-order valence-electron chi connectivity index (χ1n) is 12.3. The zero-order chi connectivity index (χ0) is 28.0. The maximum Gasteiger partial charge on any atom is 0.416 e. The van der Waals surface area contributed by atoms with Crippen molar-refractivity contribution in [1.29, 1.82) is 0 Å². The molecule has 0 atom stereocenters. The summed E-state index contributed by atoms with van der Waals surface area (Å²) >= 11 is 0. The summed E-state index contributed by atoms with van der Waals surface area (Å²) in [6.45, 7) is 3.88. The van der Waals surface area contributed by atoms with Gasteiger partial charge in [0.25, 0.3) is 0 Å². The maximum atomic E-state index is 13.0. The Morgan fingerprint density at radius 3 is 2.08 bits per heavy atom. The van der Waals surface area contributed by atoms with Crippen LogP contribution in [0.25, 0.3) is 11.1 Å². The van der Waals surface area contributed by atoms with E-state index in [2.05, 4.69) is 9.97 Å². The molecular formula is C30H28F3N3O3. The second-order valence-electron chi connectivity index (χ2n) is 9.57. The van der Waals surface area contributed by atoms with Crippen LogP contribution in [-0.2, 0) is 23.9 Å². The number of benzene rings is 2. The van der Waals surface area contributed by atoms with E-state index in [1.165, 1.54) is 26.0 Å². The van der Waals surface area contributed by atoms with E-state index in [0.717, 1.165) is 34.4 Å². The molecule has 4 aromatic rings. The molecule has 0 saturated heterocycles. The van der Waals surface area contributed by atoms with Crippen LogP contribution < -0.4 is 9.64 Å². The number of aromatic nitrogens is 2. The average molecular weight is 536 g/mol. The third-order valence-corrected chi connectivity index (χ3v) is 6.22. The quantitative estimate of drug-likeness (QED) is 0.245. The fraction of sp³-hybridized carbons (Fsp3) is 0.233. The summed E-state index contributed by atoms with van der Waals surface area (Å²) in [6, 6.07) is 19.9. The highest BCUT2D eigenvalue weighted by molar-refractivity contribution is 5.76. The van der Waals surface area contributed by atoms with Crippen molar-refractivity contribution in [2.45, 2.75) is 38.6 Å².